The first kappa shape index (κ1) is 48.3. The van der Waals surface area contributed by atoms with E-state index in [4.69, 9.17) is 0 Å². The fourth-order valence-corrected chi connectivity index (χ4v) is 4.46. The van der Waals surface area contributed by atoms with Crippen LogP contribution in [0.3, 0.4) is 0 Å². The van der Waals surface area contributed by atoms with Crippen molar-refractivity contribution < 1.29 is 153 Å². The average molecular weight is 857 g/mol. The van der Waals surface area contributed by atoms with Gasteiger partial charge in [0.05, 0.1) is 10.6 Å². The van der Waals surface area contributed by atoms with E-state index in [-0.39, 0.29) is 35.6 Å². The molecule has 0 aliphatic heterocycles. The molecule has 53 heavy (non-hydrogen) atoms. The fraction of sp³-hybridized carbons (Fsp3) is 0.500. The molecular weight excluding hydrogens is 850 g/mol. The maximum atomic E-state index is 14.4. The van der Waals surface area contributed by atoms with Gasteiger partial charge in [-0.2, -0.15) is 101 Å². The van der Waals surface area contributed by atoms with Gasteiger partial charge in [0, 0.05) is 16.8 Å². The van der Waals surface area contributed by atoms with Crippen LogP contribution < -0.4 is 34.9 Å². The molecule has 2 rings (SSSR count). The van der Waals surface area contributed by atoms with Crippen molar-refractivity contribution in [2.45, 2.75) is 70.3 Å². The smallest absolute Gasteiger partial charge is 0.744 e. The summed E-state index contributed by atoms with van der Waals surface area (Å²) in [7, 11) is -5.69. The monoisotopic (exact) mass is 857 g/mol. The topological polar surface area (TPSA) is 107 Å². The molecule has 0 aliphatic rings. The van der Waals surface area contributed by atoms with Crippen molar-refractivity contribution in [3.8, 4) is 5.75 Å². The van der Waals surface area contributed by atoms with Crippen molar-refractivity contribution in [1.82, 2.24) is 0 Å². The van der Waals surface area contributed by atoms with Crippen LogP contribution in [0.2, 0.25) is 0 Å². The minimum absolute atomic E-state index is 0. The normalized spacial score (nSPS) is 15.3. The van der Waals surface area contributed by atoms with Crippen molar-refractivity contribution in [1.29, 1.82) is 0 Å². The predicted octanol–water partition coefficient (Wildman–Crippen LogP) is 5.31. The molecule has 0 aliphatic carbocycles. The van der Waals surface area contributed by atoms with Gasteiger partial charge >= 0.3 is 101 Å². The molecule has 0 spiro atoms. The Balaban J connectivity index is 0.0000140. The zero-order valence-corrected chi connectivity index (χ0v) is 26.9. The second-order valence-corrected chi connectivity index (χ2v) is 11.3. The number of hydrogen-bond donors (Lipinski definition) is 2. The molecule has 31 heteroatoms. The van der Waals surface area contributed by atoms with Crippen molar-refractivity contribution in [2.24, 2.45) is 0 Å². The molecule has 0 heterocycles. The third-order valence-corrected chi connectivity index (χ3v) is 7.56. The van der Waals surface area contributed by atoms with E-state index in [1.165, 1.54) is 0 Å². The van der Waals surface area contributed by atoms with Crippen LogP contribution in [0.5, 0.6) is 5.75 Å². The number of rotatable bonds is 12. The van der Waals surface area contributed by atoms with Gasteiger partial charge in [0.15, 0.2) is 0 Å². The number of amides is 1. The molecule has 0 unspecified atom stereocenters. The van der Waals surface area contributed by atoms with Crippen LogP contribution in [0.4, 0.5) is 107 Å². The molecule has 2 aromatic carbocycles. The zero-order valence-electron chi connectivity index (χ0n) is 24.1. The Hall–Kier alpha value is -2.73. The van der Waals surface area contributed by atoms with Crippen LogP contribution in [0.15, 0.2) is 35.2 Å². The molecule has 0 saturated heterocycles. The predicted molar refractivity (Wildman–Crippen MR) is 118 cm³/mol. The van der Waals surface area contributed by atoms with E-state index in [9.17, 15) is 124 Å². The Morgan fingerprint density at radius 1 is 0.547 bits per heavy atom. The number of halogens is 23. The number of benzene rings is 2. The Morgan fingerprint density at radius 3 is 1.17 bits per heavy atom. The van der Waals surface area contributed by atoms with Crippen molar-refractivity contribution >= 4 is 32.5 Å². The number of phenolic OH excluding ortho intramolecular Hbond substituents is 1. The molecule has 0 radical (unpaired) electrons. The number of phenols is 1. The molecule has 0 saturated carbocycles. The van der Waals surface area contributed by atoms with E-state index >= 15 is 0 Å². The van der Waals surface area contributed by atoms with E-state index in [2.05, 4.69) is 0 Å². The first-order valence-corrected chi connectivity index (χ1v) is 13.3. The summed E-state index contributed by atoms with van der Waals surface area (Å²) in [5, 5.41) is 7.99. The van der Waals surface area contributed by atoms with Crippen molar-refractivity contribution in [3.63, 3.8) is 0 Å². The van der Waals surface area contributed by atoms with Crippen LogP contribution in [-0.2, 0) is 14.9 Å². The van der Waals surface area contributed by atoms with Crippen LogP contribution in [0.25, 0.3) is 10.8 Å². The molecule has 2 N–H and O–H groups in total. The maximum absolute atomic E-state index is 14.4. The van der Waals surface area contributed by atoms with Gasteiger partial charge in [0.1, 0.15) is 15.9 Å². The number of alkyl halides is 23. The minimum Gasteiger partial charge on any atom is -0.744 e. The van der Waals surface area contributed by atoms with Gasteiger partial charge < -0.3 is 15.0 Å². The second kappa shape index (κ2) is 13.2. The fourth-order valence-electron chi connectivity index (χ4n) is 3.76. The van der Waals surface area contributed by atoms with E-state index in [0.717, 1.165) is 6.07 Å². The standard InChI is InChI=1S/C22H8F23NO5S.Na/c23-12(24,11(48)46-10-7-4-2-1-3-6(7)9(5-8(10)47)52(49,50)51)13(25,26)14(27,28)15(29,30)16(31,32)17(33,34)18(35,36)19(37,38)20(39,40)21(41,42)22(43,44)45;/h1-5,47H,(H,46,48)(H,49,50,51);/q;+1/p-1. The summed E-state index contributed by atoms with van der Waals surface area (Å²) >= 11 is 0. The number of fused-ring (bicyclic) bond motifs is 1. The van der Waals surface area contributed by atoms with E-state index in [1.807, 2.05) is 0 Å². The molecule has 0 atom stereocenters. The number of carbonyl (C=O) groups excluding carboxylic acids is 1. The molecule has 1 amide bonds. The second-order valence-electron chi connectivity index (χ2n) is 9.96. The van der Waals surface area contributed by atoms with Crippen LogP contribution >= 0.6 is 0 Å². The molecule has 2 aromatic rings. The number of hydrogen-bond acceptors (Lipinski definition) is 5. The molecule has 6 nitrogen and oxygen atoms in total. The van der Waals surface area contributed by atoms with Crippen molar-refractivity contribution in [2.75, 3.05) is 5.32 Å². The third kappa shape index (κ3) is 6.49. The minimum atomic E-state index is -9.62. The Morgan fingerprint density at radius 2 is 0.849 bits per heavy atom. The van der Waals surface area contributed by atoms with E-state index in [0.29, 0.717) is 23.5 Å². The Labute approximate surface area is 297 Å². The van der Waals surface area contributed by atoms with Crippen molar-refractivity contribution in [3.05, 3.63) is 30.3 Å². The van der Waals surface area contributed by atoms with Gasteiger partial charge in [-0.1, -0.05) is 24.3 Å². The van der Waals surface area contributed by atoms with Crippen LogP contribution in [0, 0.1) is 0 Å². The molecule has 0 bridgehead atoms. The van der Waals surface area contributed by atoms with Gasteiger partial charge in [0.2, 0.25) is 0 Å². The molecule has 298 valence electrons. The molecule has 0 aromatic heterocycles. The number of nitrogens with one attached hydrogen (secondary N) is 1. The number of aromatic hydroxyl groups is 1. The summed E-state index contributed by atoms with van der Waals surface area (Å²) < 4.78 is 347. The SMILES string of the molecule is O=C(Nc1c(O)cc(S(=O)(=O)[O-])c2ccccc12)C(F)(F)C(F)(F)C(F)(F)C(F)(F)C(F)(F)C(F)(F)C(F)(F)C(F)(F)C(F)(F)C(F)(F)C(F)(F)F.[Na+]. The third-order valence-electron chi connectivity index (χ3n) is 6.68. The van der Waals surface area contributed by atoms with Gasteiger partial charge in [-0.25, -0.2) is 8.42 Å². The summed E-state index contributed by atoms with van der Waals surface area (Å²) in [6, 6.07) is 2.24. The zero-order chi connectivity index (χ0) is 41.7. The summed E-state index contributed by atoms with van der Waals surface area (Å²) in [6.07, 6.45) is -8.20. The van der Waals surface area contributed by atoms with Gasteiger partial charge in [0.25, 0.3) is 0 Å². The molecular formula is C22H7F23NNaO5S. The van der Waals surface area contributed by atoms with Gasteiger partial charge in [-0.3, -0.25) is 4.79 Å². The first-order valence-electron chi connectivity index (χ1n) is 11.9. The Kier molecular flexibility index (Phi) is 12.0. The summed E-state index contributed by atoms with van der Waals surface area (Å²) in [5.74, 6) is -97.3. The first-order chi connectivity index (χ1) is 22.5. The van der Waals surface area contributed by atoms with Crippen LogP contribution in [0.1, 0.15) is 0 Å². The van der Waals surface area contributed by atoms with E-state index < -0.39 is 109 Å². The summed E-state index contributed by atoms with van der Waals surface area (Å²) in [4.78, 5) is 10.5. The van der Waals surface area contributed by atoms with E-state index in [1.54, 1.807) is 0 Å². The maximum Gasteiger partial charge on any atom is 1.00 e. The molecule has 0 fully saturated rings. The largest absolute Gasteiger partial charge is 1.00 e. The van der Waals surface area contributed by atoms with Crippen LogP contribution in [-0.4, -0.2) is 89.4 Å². The van der Waals surface area contributed by atoms with Gasteiger partial charge in [-0.05, 0) is 0 Å². The quantitative estimate of drug-likeness (QED) is 0.131. The Bertz CT molecular complexity index is 1840. The number of carbonyl (C=O) groups is 1. The average Bonchev–Trinajstić information content (AvgIpc) is 2.96. The summed E-state index contributed by atoms with van der Waals surface area (Å²) in [5.41, 5.74) is -1.83. The van der Waals surface area contributed by atoms with Gasteiger partial charge in [-0.15, -0.1) is 0 Å². The number of anilines is 1. The summed E-state index contributed by atoms with van der Waals surface area (Å²) in [6.45, 7) is 0.